The van der Waals surface area contributed by atoms with Crippen molar-refractivity contribution >= 4 is 6.09 Å². The minimum atomic E-state index is -0.494. The Bertz CT molecular complexity index is 326. The molecule has 20 heavy (non-hydrogen) atoms. The monoisotopic (exact) mass is 286 g/mol. The van der Waals surface area contributed by atoms with Crippen LogP contribution in [0.2, 0.25) is 0 Å². The fraction of sp³-hybridized carbons (Fsp3) is 0.933. The molecule has 0 aromatic heterocycles. The molecule has 1 aliphatic rings. The van der Waals surface area contributed by atoms with Gasteiger partial charge in [0, 0.05) is 18.0 Å². The second-order valence-electron chi connectivity index (χ2n) is 7.22. The zero-order chi connectivity index (χ0) is 15.5. The summed E-state index contributed by atoms with van der Waals surface area (Å²) in [7, 11) is 0. The Morgan fingerprint density at radius 2 is 1.95 bits per heavy atom. The standard InChI is InChI=1S/C15H30N2O3/c1-9(2)13(18)11-8-10(6-7-12(11)16)17-14(19)20-15(3,4)5/h9-13,18H,6-8,16H2,1-5H3,(H,17,19)/t10-,11-,12+,13+/m1/s1. The first-order chi connectivity index (χ1) is 9.10. The van der Waals surface area contributed by atoms with Crippen LogP contribution in [-0.4, -0.2) is 35.0 Å². The highest BCUT2D eigenvalue weighted by atomic mass is 16.6. The topological polar surface area (TPSA) is 84.6 Å². The first-order valence-corrected chi connectivity index (χ1v) is 7.53. The van der Waals surface area contributed by atoms with Crippen molar-refractivity contribution in [3.8, 4) is 0 Å². The minimum Gasteiger partial charge on any atom is -0.444 e. The Balaban J connectivity index is 2.55. The summed E-state index contributed by atoms with van der Waals surface area (Å²) in [5, 5.41) is 13.1. The van der Waals surface area contributed by atoms with Crippen molar-refractivity contribution in [2.45, 2.75) is 77.7 Å². The molecule has 0 aliphatic heterocycles. The van der Waals surface area contributed by atoms with Crippen LogP contribution < -0.4 is 11.1 Å². The molecule has 0 bridgehead atoms. The molecule has 0 heterocycles. The van der Waals surface area contributed by atoms with Gasteiger partial charge in [-0.3, -0.25) is 0 Å². The molecular weight excluding hydrogens is 256 g/mol. The van der Waals surface area contributed by atoms with Gasteiger partial charge in [-0.2, -0.15) is 0 Å². The number of aliphatic hydroxyl groups excluding tert-OH is 1. The lowest BCUT2D eigenvalue weighted by Gasteiger charge is -2.38. The molecular formula is C15H30N2O3. The molecule has 1 aliphatic carbocycles. The lowest BCUT2D eigenvalue weighted by Crippen LogP contribution is -2.50. The van der Waals surface area contributed by atoms with Gasteiger partial charge in [-0.25, -0.2) is 4.79 Å². The van der Waals surface area contributed by atoms with Crippen LogP contribution in [0.4, 0.5) is 4.79 Å². The highest BCUT2D eigenvalue weighted by molar-refractivity contribution is 5.68. The van der Waals surface area contributed by atoms with Gasteiger partial charge in [0.05, 0.1) is 6.10 Å². The van der Waals surface area contributed by atoms with E-state index in [0.29, 0.717) is 6.42 Å². The van der Waals surface area contributed by atoms with Crippen LogP contribution in [0.1, 0.15) is 53.9 Å². The highest BCUT2D eigenvalue weighted by Crippen LogP contribution is 2.29. The molecule has 5 heteroatoms. The predicted molar refractivity (Wildman–Crippen MR) is 79.3 cm³/mol. The normalized spacial score (nSPS) is 29.1. The lowest BCUT2D eigenvalue weighted by molar-refractivity contribution is 0.0220. The predicted octanol–water partition coefficient (Wildman–Crippen LogP) is 2.02. The van der Waals surface area contributed by atoms with Crippen molar-refractivity contribution in [1.29, 1.82) is 0 Å². The summed E-state index contributed by atoms with van der Waals surface area (Å²) in [5.74, 6) is 0.204. The molecule has 0 unspecified atom stereocenters. The SMILES string of the molecule is CC(C)[C@H](O)[C@@H]1C[C@H](NC(=O)OC(C)(C)C)CC[C@@H]1N. The van der Waals surface area contributed by atoms with Gasteiger partial charge in [0.15, 0.2) is 0 Å². The van der Waals surface area contributed by atoms with Crippen LogP contribution in [0.15, 0.2) is 0 Å². The van der Waals surface area contributed by atoms with Crippen LogP contribution in [-0.2, 0) is 4.74 Å². The van der Waals surface area contributed by atoms with E-state index in [2.05, 4.69) is 5.32 Å². The Hall–Kier alpha value is -0.810. The third kappa shape index (κ3) is 5.29. The van der Waals surface area contributed by atoms with E-state index < -0.39 is 17.8 Å². The first kappa shape index (κ1) is 17.2. The van der Waals surface area contributed by atoms with Gasteiger partial charge in [0.25, 0.3) is 0 Å². The molecule has 4 N–H and O–H groups in total. The van der Waals surface area contributed by atoms with Gasteiger partial charge in [-0.05, 0) is 46.0 Å². The summed E-state index contributed by atoms with van der Waals surface area (Å²) >= 11 is 0. The van der Waals surface area contributed by atoms with Crippen LogP contribution in [0.5, 0.6) is 0 Å². The molecule has 1 fully saturated rings. The van der Waals surface area contributed by atoms with E-state index in [1.54, 1.807) is 0 Å². The van der Waals surface area contributed by atoms with E-state index in [1.165, 1.54) is 0 Å². The van der Waals surface area contributed by atoms with Gasteiger partial charge in [0.2, 0.25) is 0 Å². The molecule has 0 aromatic carbocycles. The van der Waals surface area contributed by atoms with Crippen LogP contribution in [0, 0.1) is 11.8 Å². The number of aliphatic hydroxyl groups is 1. The molecule has 1 rings (SSSR count). The van der Waals surface area contributed by atoms with E-state index >= 15 is 0 Å². The molecule has 5 nitrogen and oxygen atoms in total. The third-order valence-electron chi connectivity index (χ3n) is 3.80. The number of rotatable bonds is 3. The van der Waals surface area contributed by atoms with Gasteiger partial charge in [-0.1, -0.05) is 13.8 Å². The maximum Gasteiger partial charge on any atom is 0.407 e. The van der Waals surface area contributed by atoms with Crippen molar-refractivity contribution in [3.05, 3.63) is 0 Å². The number of hydrogen-bond acceptors (Lipinski definition) is 4. The van der Waals surface area contributed by atoms with Crippen LogP contribution in [0.25, 0.3) is 0 Å². The summed E-state index contributed by atoms with van der Waals surface area (Å²) < 4.78 is 5.27. The fourth-order valence-electron chi connectivity index (χ4n) is 2.72. The third-order valence-corrected chi connectivity index (χ3v) is 3.80. The van der Waals surface area contributed by atoms with Crippen molar-refractivity contribution in [1.82, 2.24) is 5.32 Å². The Kier molecular flexibility index (Phi) is 5.83. The van der Waals surface area contributed by atoms with Crippen LogP contribution >= 0.6 is 0 Å². The highest BCUT2D eigenvalue weighted by Gasteiger charge is 2.35. The maximum absolute atomic E-state index is 11.8. The first-order valence-electron chi connectivity index (χ1n) is 7.53. The second-order valence-corrected chi connectivity index (χ2v) is 7.22. The summed E-state index contributed by atoms with van der Waals surface area (Å²) in [5.41, 5.74) is 5.61. The van der Waals surface area contributed by atoms with E-state index in [1.807, 2.05) is 34.6 Å². The smallest absolute Gasteiger partial charge is 0.407 e. The maximum atomic E-state index is 11.8. The lowest BCUT2D eigenvalue weighted by atomic mass is 9.76. The number of nitrogens with two attached hydrogens (primary N) is 1. The molecule has 0 radical (unpaired) electrons. The molecule has 0 spiro atoms. The number of ether oxygens (including phenoxy) is 1. The van der Waals surface area contributed by atoms with Gasteiger partial charge >= 0.3 is 6.09 Å². The van der Waals surface area contributed by atoms with Crippen molar-refractivity contribution in [3.63, 3.8) is 0 Å². The second kappa shape index (κ2) is 6.76. The van der Waals surface area contributed by atoms with Gasteiger partial charge < -0.3 is 20.9 Å². The van der Waals surface area contributed by atoms with E-state index in [-0.39, 0.29) is 23.9 Å². The number of alkyl carbamates (subject to hydrolysis) is 1. The quantitative estimate of drug-likeness (QED) is 0.741. The number of amides is 1. The number of hydrogen-bond donors (Lipinski definition) is 3. The Morgan fingerprint density at radius 1 is 1.35 bits per heavy atom. The molecule has 1 amide bonds. The average Bonchev–Trinajstić information content (AvgIpc) is 2.28. The number of carbonyl (C=O) groups excluding carboxylic acids is 1. The Morgan fingerprint density at radius 3 is 2.45 bits per heavy atom. The van der Waals surface area contributed by atoms with Crippen LogP contribution in [0.3, 0.4) is 0 Å². The molecule has 0 aromatic rings. The summed E-state index contributed by atoms with van der Waals surface area (Å²) in [6, 6.07) is 0.0344. The largest absolute Gasteiger partial charge is 0.444 e. The fourth-order valence-corrected chi connectivity index (χ4v) is 2.72. The summed E-state index contributed by atoms with van der Waals surface area (Å²) in [6.07, 6.45) is 1.54. The van der Waals surface area contributed by atoms with E-state index in [4.69, 9.17) is 10.5 Å². The number of carbonyl (C=O) groups is 1. The number of nitrogens with one attached hydrogen (secondary N) is 1. The van der Waals surface area contributed by atoms with Gasteiger partial charge in [-0.15, -0.1) is 0 Å². The molecule has 1 saturated carbocycles. The van der Waals surface area contributed by atoms with Crippen molar-refractivity contribution < 1.29 is 14.6 Å². The molecule has 4 atom stereocenters. The van der Waals surface area contributed by atoms with Crippen molar-refractivity contribution in [2.75, 3.05) is 0 Å². The molecule has 118 valence electrons. The zero-order valence-corrected chi connectivity index (χ0v) is 13.3. The minimum absolute atomic E-state index is 0.00378. The van der Waals surface area contributed by atoms with Crippen molar-refractivity contribution in [2.24, 2.45) is 17.6 Å². The van der Waals surface area contributed by atoms with E-state index in [9.17, 15) is 9.90 Å². The summed E-state index contributed by atoms with van der Waals surface area (Å²) in [6.45, 7) is 9.50. The van der Waals surface area contributed by atoms with E-state index in [0.717, 1.165) is 12.8 Å². The average molecular weight is 286 g/mol. The van der Waals surface area contributed by atoms with Gasteiger partial charge in [0.1, 0.15) is 5.60 Å². The zero-order valence-electron chi connectivity index (χ0n) is 13.3. The Labute approximate surface area is 122 Å². The molecule has 0 saturated heterocycles. The summed E-state index contributed by atoms with van der Waals surface area (Å²) in [4.78, 5) is 11.8.